The van der Waals surface area contributed by atoms with E-state index in [2.05, 4.69) is 44.6 Å². The zero-order valence-electron chi connectivity index (χ0n) is 10.6. The first kappa shape index (κ1) is 12.8. The minimum atomic E-state index is 0.714. The highest BCUT2D eigenvalue weighted by molar-refractivity contribution is 9.10. The van der Waals surface area contributed by atoms with Crippen molar-refractivity contribution in [2.75, 3.05) is 11.4 Å². The second kappa shape index (κ2) is 5.80. The zero-order chi connectivity index (χ0) is 12.3. The first-order valence-corrected chi connectivity index (χ1v) is 7.34. The predicted octanol–water partition coefficient (Wildman–Crippen LogP) is 3.57. The standard InChI is InChI=1S/C13H20BrN3/c1-3-5-12-15-11(14)9-13(16-12)17(8-4-2)10-6-7-10/h9-10H,3-8H2,1-2H3. The predicted molar refractivity (Wildman–Crippen MR) is 74.4 cm³/mol. The molecule has 0 unspecified atom stereocenters. The van der Waals surface area contributed by atoms with E-state index in [4.69, 9.17) is 0 Å². The fourth-order valence-corrected chi connectivity index (χ4v) is 2.45. The topological polar surface area (TPSA) is 29.0 Å². The molecule has 0 radical (unpaired) electrons. The molecule has 1 aliphatic rings. The van der Waals surface area contributed by atoms with Crippen LogP contribution in [-0.2, 0) is 6.42 Å². The number of rotatable bonds is 6. The van der Waals surface area contributed by atoms with Crippen LogP contribution >= 0.6 is 15.9 Å². The molecule has 0 bridgehead atoms. The van der Waals surface area contributed by atoms with Crippen LogP contribution in [0.1, 0.15) is 45.4 Å². The Morgan fingerprint density at radius 1 is 1.29 bits per heavy atom. The molecule has 1 aromatic rings. The van der Waals surface area contributed by atoms with Crippen LogP contribution in [0, 0.1) is 0 Å². The molecule has 17 heavy (non-hydrogen) atoms. The summed E-state index contributed by atoms with van der Waals surface area (Å²) >= 11 is 3.49. The number of aryl methyl sites for hydroxylation is 1. The van der Waals surface area contributed by atoms with Gasteiger partial charge < -0.3 is 4.90 Å². The minimum absolute atomic E-state index is 0.714. The maximum atomic E-state index is 4.69. The Morgan fingerprint density at radius 2 is 2.06 bits per heavy atom. The van der Waals surface area contributed by atoms with Gasteiger partial charge >= 0.3 is 0 Å². The average molecular weight is 298 g/mol. The smallest absolute Gasteiger partial charge is 0.133 e. The van der Waals surface area contributed by atoms with Gasteiger partial charge in [-0.2, -0.15) is 0 Å². The Hall–Kier alpha value is -0.640. The summed E-state index contributed by atoms with van der Waals surface area (Å²) in [6, 6.07) is 2.76. The van der Waals surface area contributed by atoms with Gasteiger partial charge in [-0.1, -0.05) is 13.8 Å². The molecule has 1 aliphatic carbocycles. The molecule has 0 spiro atoms. The summed E-state index contributed by atoms with van der Waals surface area (Å²) in [4.78, 5) is 11.5. The highest BCUT2D eigenvalue weighted by atomic mass is 79.9. The van der Waals surface area contributed by atoms with E-state index in [9.17, 15) is 0 Å². The molecule has 1 fully saturated rings. The Kier molecular flexibility index (Phi) is 4.37. The van der Waals surface area contributed by atoms with Crippen LogP contribution in [0.25, 0.3) is 0 Å². The van der Waals surface area contributed by atoms with Crippen LogP contribution in [0.5, 0.6) is 0 Å². The van der Waals surface area contributed by atoms with E-state index in [1.165, 1.54) is 19.3 Å². The summed E-state index contributed by atoms with van der Waals surface area (Å²) in [5.41, 5.74) is 0. The van der Waals surface area contributed by atoms with Gasteiger partial charge in [0.2, 0.25) is 0 Å². The summed E-state index contributed by atoms with van der Waals surface area (Å²) < 4.78 is 0.910. The third-order valence-corrected chi connectivity index (χ3v) is 3.35. The van der Waals surface area contributed by atoms with Gasteiger partial charge in [0, 0.05) is 25.1 Å². The van der Waals surface area contributed by atoms with Gasteiger partial charge in [0.05, 0.1) is 0 Å². The van der Waals surface area contributed by atoms with E-state index < -0.39 is 0 Å². The molecule has 1 aromatic heterocycles. The second-order valence-electron chi connectivity index (χ2n) is 4.64. The molecule has 1 saturated carbocycles. The number of anilines is 1. The molecule has 0 amide bonds. The van der Waals surface area contributed by atoms with Crippen LogP contribution in [0.3, 0.4) is 0 Å². The van der Waals surface area contributed by atoms with Crippen LogP contribution < -0.4 is 4.90 Å². The normalized spacial score (nSPS) is 15.0. The fraction of sp³-hybridized carbons (Fsp3) is 0.692. The number of aromatic nitrogens is 2. The third kappa shape index (κ3) is 3.41. The monoisotopic (exact) mass is 297 g/mol. The van der Waals surface area contributed by atoms with Crippen molar-refractivity contribution >= 4 is 21.7 Å². The lowest BCUT2D eigenvalue weighted by molar-refractivity contribution is 0.734. The van der Waals surface area contributed by atoms with Gasteiger partial charge in [0.15, 0.2) is 0 Å². The average Bonchev–Trinajstić information content (AvgIpc) is 3.09. The Labute approximate surface area is 112 Å². The molecule has 0 atom stereocenters. The van der Waals surface area contributed by atoms with E-state index in [1.54, 1.807) is 0 Å². The maximum absolute atomic E-state index is 4.69. The van der Waals surface area contributed by atoms with E-state index in [-0.39, 0.29) is 0 Å². The lowest BCUT2D eigenvalue weighted by atomic mass is 10.3. The molecular weight excluding hydrogens is 278 g/mol. The van der Waals surface area contributed by atoms with Crippen molar-refractivity contribution in [1.82, 2.24) is 9.97 Å². The van der Waals surface area contributed by atoms with Crippen molar-refractivity contribution in [3.63, 3.8) is 0 Å². The largest absolute Gasteiger partial charge is 0.354 e. The fourth-order valence-electron chi connectivity index (χ4n) is 2.05. The van der Waals surface area contributed by atoms with E-state index in [0.29, 0.717) is 6.04 Å². The lowest BCUT2D eigenvalue weighted by Gasteiger charge is -2.23. The van der Waals surface area contributed by atoms with Gasteiger partial charge in [0.25, 0.3) is 0 Å². The highest BCUT2D eigenvalue weighted by Gasteiger charge is 2.29. The van der Waals surface area contributed by atoms with Gasteiger partial charge in [-0.15, -0.1) is 0 Å². The number of halogens is 1. The quantitative estimate of drug-likeness (QED) is 0.752. The number of hydrogen-bond acceptors (Lipinski definition) is 3. The summed E-state index contributed by atoms with van der Waals surface area (Å²) in [6.45, 7) is 5.48. The van der Waals surface area contributed by atoms with Crippen molar-refractivity contribution in [2.24, 2.45) is 0 Å². The van der Waals surface area contributed by atoms with Gasteiger partial charge in [-0.3, -0.25) is 0 Å². The molecule has 1 heterocycles. The van der Waals surface area contributed by atoms with E-state index >= 15 is 0 Å². The SMILES string of the molecule is CCCc1nc(Br)cc(N(CCC)C2CC2)n1. The van der Waals surface area contributed by atoms with Crippen LogP contribution in [0.4, 0.5) is 5.82 Å². The summed E-state index contributed by atoms with van der Waals surface area (Å²) in [7, 11) is 0. The Balaban J connectivity index is 2.22. The van der Waals surface area contributed by atoms with Crippen LogP contribution in [0.2, 0.25) is 0 Å². The zero-order valence-corrected chi connectivity index (χ0v) is 12.2. The number of nitrogens with zero attached hydrogens (tertiary/aromatic N) is 3. The minimum Gasteiger partial charge on any atom is -0.354 e. The Bertz CT molecular complexity index is 377. The van der Waals surface area contributed by atoms with E-state index in [0.717, 1.165) is 35.6 Å². The van der Waals surface area contributed by atoms with Gasteiger partial charge in [-0.05, 0) is 41.6 Å². The summed E-state index contributed by atoms with van der Waals surface area (Å²) in [6.07, 6.45) is 5.83. The van der Waals surface area contributed by atoms with Gasteiger partial charge in [-0.25, -0.2) is 9.97 Å². The van der Waals surface area contributed by atoms with Gasteiger partial charge in [0.1, 0.15) is 16.2 Å². The third-order valence-electron chi connectivity index (χ3n) is 2.95. The molecule has 4 heteroatoms. The highest BCUT2D eigenvalue weighted by Crippen LogP contribution is 2.31. The van der Waals surface area contributed by atoms with Crippen molar-refractivity contribution in [2.45, 2.75) is 52.0 Å². The molecule has 2 rings (SSSR count). The molecule has 94 valence electrons. The second-order valence-corrected chi connectivity index (χ2v) is 5.45. The van der Waals surface area contributed by atoms with Crippen molar-refractivity contribution in [3.05, 3.63) is 16.5 Å². The van der Waals surface area contributed by atoms with E-state index in [1.807, 2.05) is 6.07 Å². The Morgan fingerprint density at radius 3 is 2.65 bits per heavy atom. The summed E-state index contributed by atoms with van der Waals surface area (Å²) in [5, 5.41) is 0. The molecule has 0 N–H and O–H groups in total. The van der Waals surface area contributed by atoms with Crippen molar-refractivity contribution < 1.29 is 0 Å². The molecule has 0 aromatic carbocycles. The molecule has 0 saturated heterocycles. The first-order chi connectivity index (χ1) is 8.24. The molecule has 3 nitrogen and oxygen atoms in total. The lowest BCUT2D eigenvalue weighted by Crippen LogP contribution is -2.27. The molecular formula is C13H20BrN3. The molecule has 0 aliphatic heterocycles. The maximum Gasteiger partial charge on any atom is 0.133 e. The number of hydrogen-bond donors (Lipinski definition) is 0. The van der Waals surface area contributed by atoms with Crippen molar-refractivity contribution in [1.29, 1.82) is 0 Å². The van der Waals surface area contributed by atoms with Crippen LogP contribution in [0.15, 0.2) is 10.7 Å². The van der Waals surface area contributed by atoms with Crippen molar-refractivity contribution in [3.8, 4) is 0 Å². The first-order valence-electron chi connectivity index (χ1n) is 6.54. The summed E-state index contributed by atoms with van der Waals surface area (Å²) in [5.74, 6) is 2.05. The van der Waals surface area contributed by atoms with Crippen LogP contribution in [-0.4, -0.2) is 22.6 Å².